The number of hydrogen-bond acceptors (Lipinski definition) is 3. The van der Waals surface area contributed by atoms with Crippen LogP contribution in [0, 0.1) is 0 Å². The fraction of sp³-hybridized carbons (Fsp3) is 0.125. The number of phenols is 1. The van der Waals surface area contributed by atoms with Crippen molar-refractivity contribution in [2.75, 3.05) is 0 Å². The molecule has 1 aromatic carbocycles. The largest absolute Gasteiger partial charge is 0.508 e. The minimum absolute atomic E-state index is 0.0748. The van der Waals surface area contributed by atoms with Crippen LogP contribution in [-0.4, -0.2) is 16.2 Å². The van der Waals surface area contributed by atoms with Crippen LogP contribution in [0.1, 0.15) is 5.56 Å². The molecule has 0 saturated carbocycles. The lowest BCUT2D eigenvalue weighted by Gasteiger charge is -2.16. The van der Waals surface area contributed by atoms with Crippen molar-refractivity contribution in [3.05, 3.63) is 29.8 Å². The molecule has 5 heteroatoms. The molecule has 0 aliphatic carbocycles. The quantitative estimate of drug-likeness (QED) is 0.489. The summed E-state index contributed by atoms with van der Waals surface area (Å²) in [5, 5.41) is 17.7. The van der Waals surface area contributed by atoms with Gasteiger partial charge in [0.2, 0.25) is 5.00 Å². The zero-order chi connectivity index (χ0) is 10.1. The second-order valence-corrected chi connectivity index (χ2v) is 3.16. The predicted molar refractivity (Wildman–Crippen MR) is 47.5 cm³/mol. The topological polar surface area (TPSA) is 83.6 Å². The molecule has 0 aliphatic rings. The molecule has 0 bridgehead atoms. The number of aliphatic carboxylic acids is 1. The van der Waals surface area contributed by atoms with Gasteiger partial charge in [-0.25, -0.2) is 4.79 Å². The second-order valence-electron chi connectivity index (χ2n) is 2.57. The summed E-state index contributed by atoms with van der Waals surface area (Å²) in [4.78, 5) is 8.61. The Morgan fingerprint density at radius 1 is 1.54 bits per heavy atom. The minimum Gasteiger partial charge on any atom is -0.508 e. The maximum atomic E-state index is 10.6. The van der Waals surface area contributed by atoms with E-state index >= 15 is 0 Å². The van der Waals surface area contributed by atoms with Gasteiger partial charge in [0, 0.05) is 5.56 Å². The number of benzene rings is 1. The van der Waals surface area contributed by atoms with E-state index in [-0.39, 0.29) is 11.3 Å². The minimum atomic E-state index is -1.99. The van der Waals surface area contributed by atoms with Gasteiger partial charge in [-0.1, -0.05) is 23.7 Å². The Morgan fingerprint density at radius 2 is 2.15 bits per heavy atom. The zero-order valence-corrected chi connectivity index (χ0v) is 7.32. The molecule has 1 aromatic rings. The number of rotatable bonds is 2. The number of carbonyl (C=O) groups is 1. The normalized spacial score (nSPS) is 14.9. The van der Waals surface area contributed by atoms with E-state index in [1.54, 1.807) is 0 Å². The molecule has 13 heavy (non-hydrogen) atoms. The smallest absolute Gasteiger partial charge is 0.344 e. The molecule has 1 rings (SSSR count). The lowest BCUT2D eigenvalue weighted by Crippen LogP contribution is -2.38. The predicted octanol–water partition coefficient (Wildman–Crippen LogP) is 0.827. The fourth-order valence-corrected chi connectivity index (χ4v) is 0.973. The molecule has 0 amide bonds. The Hall–Kier alpha value is -1.26. The standard InChI is InChI=1S/C8H8ClNO3/c9-8(10,7(12)13)5-2-1-3-6(11)4-5/h1-4,11H,10H2,(H,12,13)/t8-/m1/s1. The number of halogens is 1. The van der Waals surface area contributed by atoms with Gasteiger partial charge in [-0.05, 0) is 12.1 Å². The Kier molecular flexibility index (Phi) is 2.45. The van der Waals surface area contributed by atoms with Crippen LogP contribution >= 0.6 is 11.6 Å². The van der Waals surface area contributed by atoms with Crippen LogP contribution in [0.4, 0.5) is 0 Å². The molecule has 70 valence electrons. The van der Waals surface area contributed by atoms with Crippen molar-refractivity contribution >= 4 is 17.6 Å². The van der Waals surface area contributed by atoms with Gasteiger partial charge in [-0.15, -0.1) is 0 Å². The lowest BCUT2D eigenvalue weighted by atomic mass is 10.1. The molecule has 0 aromatic heterocycles. The van der Waals surface area contributed by atoms with Gasteiger partial charge in [0.1, 0.15) is 5.75 Å². The number of aromatic hydroxyl groups is 1. The average molecular weight is 202 g/mol. The molecule has 0 aliphatic heterocycles. The third kappa shape index (κ3) is 1.91. The van der Waals surface area contributed by atoms with Gasteiger partial charge in [0.25, 0.3) is 0 Å². The Morgan fingerprint density at radius 3 is 2.62 bits per heavy atom. The molecule has 4 N–H and O–H groups in total. The fourth-order valence-electron chi connectivity index (χ4n) is 0.856. The summed E-state index contributed by atoms with van der Waals surface area (Å²) in [5.74, 6) is -1.44. The SMILES string of the molecule is N[C@@](Cl)(C(=O)O)c1cccc(O)c1. The molecule has 0 unspecified atom stereocenters. The highest BCUT2D eigenvalue weighted by Gasteiger charge is 2.33. The van der Waals surface area contributed by atoms with Crippen LogP contribution in [0.15, 0.2) is 24.3 Å². The monoisotopic (exact) mass is 201 g/mol. The molecule has 0 fully saturated rings. The van der Waals surface area contributed by atoms with Crippen LogP contribution in [-0.2, 0) is 9.79 Å². The summed E-state index contributed by atoms with van der Waals surface area (Å²) in [6.07, 6.45) is 0. The highest BCUT2D eigenvalue weighted by atomic mass is 35.5. The van der Waals surface area contributed by atoms with Gasteiger partial charge in [0.05, 0.1) is 0 Å². The number of nitrogens with two attached hydrogens (primary N) is 1. The van der Waals surface area contributed by atoms with Crippen LogP contribution in [0.2, 0.25) is 0 Å². The van der Waals surface area contributed by atoms with E-state index in [9.17, 15) is 4.79 Å². The second kappa shape index (κ2) is 3.24. The van der Waals surface area contributed by atoms with Crippen molar-refractivity contribution in [2.45, 2.75) is 5.00 Å². The highest BCUT2D eigenvalue weighted by Crippen LogP contribution is 2.25. The first-order valence-corrected chi connectivity index (χ1v) is 3.83. The number of phenolic OH excluding ortho intramolecular Hbond substituents is 1. The van der Waals surface area contributed by atoms with Crippen LogP contribution in [0.3, 0.4) is 0 Å². The molecular weight excluding hydrogens is 194 g/mol. The third-order valence-corrected chi connectivity index (χ3v) is 1.96. The van der Waals surface area contributed by atoms with E-state index < -0.39 is 11.0 Å². The van der Waals surface area contributed by atoms with Crippen molar-refractivity contribution < 1.29 is 15.0 Å². The highest BCUT2D eigenvalue weighted by molar-refractivity contribution is 6.33. The van der Waals surface area contributed by atoms with Crippen LogP contribution < -0.4 is 5.73 Å². The van der Waals surface area contributed by atoms with Crippen molar-refractivity contribution in [2.24, 2.45) is 5.73 Å². The van der Waals surface area contributed by atoms with Crippen molar-refractivity contribution in [1.29, 1.82) is 0 Å². The molecule has 0 radical (unpaired) electrons. The van der Waals surface area contributed by atoms with E-state index in [2.05, 4.69) is 0 Å². The van der Waals surface area contributed by atoms with E-state index in [1.807, 2.05) is 0 Å². The summed E-state index contributed by atoms with van der Waals surface area (Å²) >= 11 is 5.54. The van der Waals surface area contributed by atoms with E-state index in [0.717, 1.165) is 0 Å². The van der Waals surface area contributed by atoms with Gasteiger partial charge >= 0.3 is 5.97 Å². The van der Waals surface area contributed by atoms with Crippen LogP contribution in [0.5, 0.6) is 5.75 Å². The third-order valence-electron chi connectivity index (χ3n) is 1.58. The average Bonchev–Trinajstić information content (AvgIpc) is 2.04. The molecule has 0 spiro atoms. The first-order valence-electron chi connectivity index (χ1n) is 3.45. The first-order chi connectivity index (χ1) is 5.94. The Bertz CT molecular complexity index is 338. The van der Waals surface area contributed by atoms with Gasteiger partial charge in [-0.3, -0.25) is 5.73 Å². The Balaban J connectivity index is 3.14. The summed E-state index contributed by atoms with van der Waals surface area (Å²) in [6, 6.07) is 5.51. The molecular formula is C8H8ClNO3. The molecule has 4 nitrogen and oxygen atoms in total. The number of alkyl halides is 1. The van der Waals surface area contributed by atoms with Gasteiger partial charge < -0.3 is 10.2 Å². The van der Waals surface area contributed by atoms with Crippen LogP contribution in [0.25, 0.3) is 0 Å². The summed E-state index contributed by atoms with van der Waals surface area (Å²) in [6.45, 7) is 0. The van der Waals surface area contributed by atoms with Gasteiger partial charge in [-0.2, -0.15) is 0 Å². The number of hydrogen-bond donors (Lipinski definition) is 3. The van der Waals surface area contributed by atoms with Crippen molar-refractivity contribution in [3.8, 4) is 5.75 Å². The molecule has 0 heterocycles. The van der Waals surface area contributed by atoms with E-state index in [1.165, 1.54) is 24.3 Å². The van der Waals surface area contributed by atoms with Crippen molar-refractivity contribution in [1.82, 2.24) is 0 Å². The zero-order valence-electron chi connectivity index (χ0n) is 6.57. The first kappa shape index (κ1) is 9.83. The summed E-state index contributed by atoms with van der Waals surface area (Å²) < 4.78 is 0. The number of carboxylic acids is 1. The lowest BCUT2D eigenvalue weighted by molar-refractivity contribution is -0.140. The van der Waals surface area contributed by atoms with Crippen molar-refractivity contribution in [3.63, 3.8) is 0 Å². The van der Waals surface area contributed by atoms with E-state index in [4.69, 9.17) is 27.5 Å². The van der Waals surface area contributed by atoms with E-state index in [0.29, 0.717) is 0 Å². The molecule has 1 atom stereocenters. The summed E-state index contributed by atoms with van der Waals surface area (Å²) in [7, 11) is 0. The summed E-state index contributed by atoms with van der Waals surface area (Å²) in [5.41, 5.74) is 5.44. The van der Waals surface area contributed by atoms with Gasteiger partial charge in [0.15, 0.2) is 0 Å². The Labute approximate surface area is 79.6 Å². The number of carboxylic acid groups (broad SMARTS) is 1. The maximum Gasteiger partial charge on any atom is 0.344 e. The molecule has 0 saturated heterocycles. The maximum absolute atomic E-state index is 10.6.